The minimum Gasteiger partial charge on any atom is -0.366 e. The van der Waals surface area contributed by atoms with Crippen molar-refractivity contribution in [1.29, 1.82) is 0 Å². The highest BCUT2D eigenvalue weighted by atomic mass is 19.1. The van der Waals surface area contributed by atoms with Crippen molar-refractivity contribution in [3.05, 3.63) is 66.1 Å². The molecule has 0 spiro atoms. The molecular weight excluding hydrogens is 440 g/mol. The summed E-state index contributed by atoms with van der Waals surface area (Å²) in [4.78, 5) is 23.4. The molecule has 0 aliphatic carbocycles. The van der Waals surface area contributed by atoms with Gasteiger partial charge in [0.15, 0.2) is 0 Å². The summed E-state index contributed by atoms with van der Waals surface area (Å²) < 4.78 is 33.1. The molecule has 5 rings (SSSR count). The van der Waals surface area contributed by atoms with E-state index in [9.17, 15) is 13.6 Å². The van der Waals surface area contributed by atoms with Gasteiger partial charge >= 0.3 is 0 Å². The maximum absolute atomic E-state index is 14.1. The maximum Gasteiger partial charge on any atom is 0.236 e. The highest BCUT2D eigenvalue weighted by Crippen LogP contribution is 2.28. The Balaban J connectivity index is 1.15. The van der Waals surface area contributed by atoms with Crippen LogP contribution in [0.15, 0.2) is 53.1 Å². The van der Waals surface area contributed by atoms with Gasteiger partial charge in [0.2, 0.25) is 17.6 Å². The number of benzene rings is 2. The Morgan fingerprint density at radius 2 is 1.85 bits per heavy atom. The number of carbonyl (C=O) groups excluding carboxylic acids is 1. The third kappa shape index (κ3) is 4.94. The van der Waals surface area contributed by atoms with Crippen LogP contribution >= 0.6 is 0 Å². The first-order valence-electron chi connectivity index (χ1n) is 11.7. The number of nitrogens with zero attached hydrogens (tertiary/aromatic N) is 5. The second-order valence-electron chi connectivity index (χ2n) is 8.86. The predicted molar refractivity (Wildman–Crippen MR) is 123 cm³/mol. The van der Waals surface area contributed by atoms with Crippen molar-refractivity contribution in [2.24, 2.45) is 0 Å². The summed E-state index contributed by atoms with van der Waals surface area (Å²) in [6.45, 7) is 4.20. The van der Waals surface area contributed by atoms with Crippen LogP contribution in [0.3, 0.4) is 0 Å². The van der Waals surface area contributed by atoms with E-state index < -0.39 is 0 Å². The average molecular weight is 468 g/mol. The Morgan fingerprint density at radius 1 is 1.03 bits per heavy atom. The molecule has 1 atom stereocenters. The van der Waals surface area contributed by atoms with Crippen LogP contribution in [0.25, 0.3) is 11.4 Å². The molecule has 0 saturated carbocycles. The third-order valence-electron chi connectivity index (χ3n) is 6.56. The van der Waals surface area contributed by atoms with Gasteiger partial charge < -0.3 is 14.3 Å². The first-order chi connectivity index (χ1) is 16.6. The van der Waals surface area contributed by atoms with Crippen LogP contribution in [0.2, 0.25) is 0 Å². The standard InChI is InChI=1S/C25H27F2N5O2/c26-20-7-3-5-18(15-20)24-28-25(34-29-24)19-6-4-10-30(16-19)17-23(33)32-13-11-31(12-14-32)22-9-2-1-8-21(22)27/h1-3,5,7-9,15,19H,4,6,10-14,16-17H2. The average Bonchev–Trinajstić information content (AvgIpc) is 3.35. The van der Waals surface area contributed by atoms with E-state index in [1.807, 2.05) is 15.9 Å². The van der Waals surface area contributed by atoms with Crippen molar-refractivity contribution >= 4 is 11.6 Å². The molecule has 0 radical (unpaired) electrons. The number of hydrogen-bond acceptors (Lipinski definition) is 6. The lowest BCUT2D eigenvalue weighted by atomic mass is 9.98. The Morgan fingerprint density at radius 3 is 2.65 bits per heavy atom. The molecule has 7 nitrogen and oxygen atoms in total. The number of likely N-dealkylation sites (tertiary alicyclic amines) is 1. The molecule has 34 heavy (non-hydrogen) atoms. The quantitative estimate of drug-likeness (QED) is 0.572. The van der Waals surface area contributed by atoms with Gasteiger partial charge in [0.25, 0.3) is 0 Å². The second kappa shape index (κ2) is 9.89. The number of piperidine rings is 1. The Hall–Kier alpha value is -3.33. The largest absolute Gasteiger partial charge is 0.366 e. The summed E-state index contributed by atoms with van der Waals surface area (Å²) in [5, 5.41) is 4.02. The van der Waals surface area contributed by atoms with E-state index in [0.29, 0.717) is 62.2 Å². The lowest BCUT2D eigenvalue weighted by Crippen LogP contribution is -2.52. The fraction of sp³-hybridized carbons (Fsp3) is 0.400. The van der Waals surface area contributed by atoms with E-state index in [1.165, 1.54) is 18.2 Å². The minimum atomic E-state index is -0.346. The van der Waals surface area contributed by atoms with Gasteiger partial charge in [-0.25, -0.2) is 8.78 Å². The topological polar surface area (TPSA) is 65.7 Å². The monoisotopic (exact) mass is 467 g/mol. The van der Waals surface area contributed by atoms with Crippen LogP contribution in [-0.2, 0) is 4.79 Å². The summed E-state index contributed by atoms with van der Waals surface area (Å²) in [6.07, 6.45) is 1.83. The maximum atomic E-state index is 14.1. The number of rotatable bonds is 5. The number of para-hydroxylation sites is 1. The molecule has 3 aromatic rings. The molecule has 2 saturated heterocycles. The van der Waals surface area contributed by atoms with E-state index in [-0.39, 0.29) is 23.5 Å². The van der Waals surface area contributed by atoms with E-state index in [2.05, 4.69) is 15.0 Å². The fourth-order valence-electron chi connectivity index (χ4n) is 4.74. The van der Waals surface area contributed by atoms with E-state index in [1.54, 1.807) is 24.3 Å². The molecule has 178 valence electrons. The van der Waals surface area contributed by atoms with Crippen LogP contribution in [0.4, 0.5) is 14.5 Å². The molecule has 2 fully saturated rings. The summed E-state index contributed by atoms with van der Waals surface area (Å²) >= 11 is 0. The highest BCUT2D eigenvalue weighted by Gasteiger charge is 2.29. The molecule has 0 bridgehead atoms. The lowest BCUT2D eigenvalue weighted by molar-refractivity contribution is -0.133. The van der Waals surface area contributed by atoms with Crippen LogP contribution in [0.1, 0.15) is 24.7 Å². The van der Waals surface area contributed by atoms with Crippen LogP contribution in [0, 0.1) is 11.6 Å². The Bertz CT molecular complexity index is 1150. The summed E-state index contributed by atoms with van der Waals surface area (Å²) in [6, 6.07) is 12.9. The number of amides is 1. The SMILES string of the molecule is O=C(CN1CCCC(c2nc(-c3cccc(F)c3)no2)C1)N1CCN(c2ccccc2F)CC1. The second-order valence-corrected chi connectivity index (χ2v) is 8.86. The molecule has 3 heterocycles. The summed E-state index contributed by atoms with van der Waals surface area (Å²) in [5.74, 6) is 0.434. The van der Waals surface area contributed by atoms with Gasteiger partial charge in [-0.05, 0) is 43.7 Å². The minimum absolute atomic E-state index is 0.0364. The number of hydrogen-bond donors (Lipinski definition) is 0. The van der Waals surface area contributed by atoms with Gasteiger partial charge in [-0.1, -0.05) is 29.4 Å². The van der Waals surface area contributed by atoms with Crippen molar-refractivity contribution < 1.29 is 18.1 Å². The fourth-order valence-corrected chi connectivity index (χ4v) is 4.74. The summed E-state index contributed by atoms with van der Waals surface area (Å²) in [7, 11) is 0. The predicted octanol–water partition coefficient (Wildman–Crippen LogP) is 3.54. The molecule has 2 aromatic carbocycles. The van der Waals surface area contributed by atoms with E-state index in [4.69, 9.17) is 4.52 Å². The van der Waals surface area contributed by atoms with E-state index in [0.717, 1.165) is 19.4 Å². The number of carbonyl (C=O) groups is 1. The molecule has 1 unspecified atom stereocenters. The molecular formula is C25H27F2N5O2. The smallest absolute Gasteiger partial charge is 0.236 e. The van der Waals surface area contributed by atoms with Crippen LogP contribution in [0.5, 0.6) is 0 Å². The number of anilines is 1. The van der Waals surface area contributed by atoms with Gasteiger partial charge in [-0.3, -0.25) is 9.69 Å². The molecule has 2 aliphatic rings. The zero-order chi connectivity index (χ0) is 23.5. The van der Waals surface area contributed by atoms with Gasteiger partial charge in [-0.2, -0.15) is 4.98 Å². The molecule has 1 aromatic heterocycles. The first kappa shape index (κ1) is 22.5. The van der Waals surface area contributed by atoms with E-state index >= 15 is 0 Å². The van der Waals surface area contributed by atoms with Crippen molar-refractivity contribution in [2.45, 2.75) is 18.8 Å². The van der Waals surface area contributed by atoms with Crippen molar-refractivity contribution in [2.75, 3.05) is 50.7 Å². The third-order valence-corrected chi connectivity index (χ3v) is 6.56. The molecule has 1 amide bonds. The first-order valence-corrected chi connectivity index (χ1v) is 11.7. The molecule has 9 heteroatoms. The highest BCUT2D eigenvalue weighted by molar-refractivity contribution is 5.78. The van der Waals surface area contributed by atoms with Crippen LogP contribution in [-0.4, -0.2) is 71.7 Å². The Labute approximate surface area is 197 Å². The van der Waals surface area contributed by atoms with Gasteiger partial charge in [-0.15, -0.1) is 0 Å². The number of aromatic nitrogens is 2. The zero-order valence-corrected chi connectivity index (χ0v) is 18.9. The molecule has 2 aliphatic heterocycles. The summed E-state index contributed by atoms with van der Waals surface area (Å²) in [5.41, 5.74) is 1.16. The van der Waals surface area contributed by atoms with Crippen molar-refractivity contribution in [3.63, 3.8) is 0 Å². The van der Waals surface area contributed by atoms with Crippen molar-refractivity contribution in [1.82, 2.24) is 19.9 Å². The van der Waals surface area contributed by atoms with Crippen LogP contribution < -0.4 is 4.90 Å². The Kier molecular flexibility index (Phi) is 6.53. The number of piperazine rings is 1. The number of halogens is 2. The zero-order valence-electron chi connectivity index (χ0n) is 18.9. The van der Waals surface area contributed by atoms with Gasteiger partial charge in [0.05, 0.1) is 18.2 Å². The van der Waals surface area contributed by atoms with Gasteiger partial charge in [0, 0.05) is 38.3 Å². The normalized spacial score (nSPS) is 19.4. The van der Waals surface area contributed by atoms with Gasteiger partial charge in [0.1, 0.15) is 11.6 Å². The molecule has 0 N–H and O–H groups in total. The lowest BCUT2D eigenvalue weighted by Gasteiger charge is -2.38. The van der Waals surface area contributed by atoms with Crippen molar-refractivity contribution in [3.8, 4) is 11.4 Å².